The van der Waals surface area contributed by atoms with Gasteiger partial charge in [0.2, 0.25) is 5.52 Å². The van der Waals surface area contributed by atoms with Gasteiger partial charge in [0.25, 0.3) is 5.01 Å². The van der Waals surface area contributed by atoms with Crippen molar-refractivity contribution >= 4 is 51.2 Å². The van der Waals surface area contributed by atoms with Gasteiger partial charge in [-0.2, -0.15) is 4.57 Å². The molecule has 0 amide bonds. The molecule has 0 N–H and O–H groups in total. The molecule has 0 aliphatic carbocycles. The fraction of sp³-hybridized carbons (Fsp3) is 0.389. The number of hydrogen-bond acceptors (Lipinski definition) is 4. The number of benzene rings is 1. The molecule has 0 fully saturated rings. The molecule has 2 rings (SSSR count). The van der Waals surface area contributed by atoms with Gasteiger partial charge in [0.1, 0.15) is 11.2 Å². The summed E-state index contributed by atoms with van der Waals surface area (Å²) < 4.78 is 9.07. The van der Waals surface area contributed by atoms with Crippen molar-refractivity contribution < 1.29 is 9.30 Å². The summed E-state index contributed by atoms with van der Waals surface area (Å²) in [6.07, 6.45) is 10.4. The molecule has 1 aromatic carbocycles. The summed E-state index contributed by atoms with van der Waals surface area (Å²) in [6.45, 7) is 7.94. The van der Waals surface area contributed by atoms with E-state index in [-0.39, 0.29) is 0 Å². The molecule has 5 heteroatoms. The fourth-order valence-corrected chi connectivity index (χ4v) is 5.05. The lowest BCUT2D eigenvalue weighted by Crippen LogP contribution is -2.33. The average Bonchev–Trinajstić information content (AvgIpc) is 2.92. The van der Waals surface area contributed by atoms with Gasteiger partial charge >= 0.3 is 0 Å². The largest absolute Gasteiger partial charge is 0.501 e. The maximum atomic E-state index is 5.34. The van der Waals surface area contributed by atoms with Crippen LogP contribution in [-0.4, -0.2) is 19.1 Å². The lowest BCUT2D eigenvalue weighted by molar-refractivity contribution is -0.665. The van der Waals surface area contributed by atoms with Gasteiger partial charge in [-0.05, 0) is 51.0 Å². The highest BCUT2D eigenvalue weighted by Gasteiger charge is 2.19. The summed E-state index contributed by atoms with van der Waals surface area (Å²) in [5.41, 5.74) is 2.45. The Bertz CT molecular complexity index is 731. The number of hydrogen-bond donors (Lipinski definition) is 0. The molecule has 1 heterocycles. The second kappa shape index (κ2) is 8.81. The normalized spacial score (nSPS) is 12.5. The van der Waals surface area contributed by atoms with Crippen molar-refractivity contribution in [2.45, 2.75) is 37.1 Å². The van der Waals surface area contributed by atoms with Crippen molar-refractivity contribution in [2.24, 2.45) is 0 Å². The van der Waals surface area contributed by atoms with Crippen molar-refractivity contribution in [1.29, 1.82) is 0 Å². The van der Waals surface area contributed by atoms with Gasteiger partial charge in [-0.1, -0.05) is 11.3 Å². The van der Waals surface area contributed by atoms with E-state index in [1.54, 1.807) is 0 Å². The molecule has 0 saturated carbocycles. The number of rotatable bonds is 7. The van der Waals surface area contributed by atoms with Crippen molar-refractivity contribution in [3.8, 4) is 0 Å². The van der Waals surface area contributed by atoms with Crippen LogP contribution in [0, 0.1) is 0 Å². The first kappa shape index (κ1) is 18.4. The maximum Gasteiger partial charge on any atom is 0.262 e. The van der Waals surface area contributed by atoms with E-state index in [2.05, 4.69) is 55.2 Å². The van der Waals surface area contributed by atoms with E-state index < -0.39 is 0 Å². The Morgan fingerprint density at radius 1 is 1.22 bits per heavy atom. The van der Waals surface area contributed by atoms with Crippen LogP contribution in [0.5, 0.6) is 0 Å². The van der Waals surface area contributed by atoms with E-state index in [4.69, 9.17) is 4.74 Å². The van der Waals surface area contributed by atoms with Crippen LogP contribution in [-0.2, 0) is 11.3 Å². The monoisotopic (exact) mass is 366 g/mol. The maximum absolute atomic E-state index is 5.34. The zero-order valence-corrected chi connectivity index (χ0v) is 16.8. The molecule has 0 aliphatic heterocycles. The van der Waals surface area contributed by atoms with Crippen LogP contribution >= 0.6 is 34.9 Å². The average molecular weight is 367 g/mol. The minimum Gasteiger partial charge on any atom is -0.501 e. The van der Waals surface area contributed by atoms with Crippen LogP contribution in [0.2, 0.25) is 0 Å². The van der Waals surface area contributed by atoms with Crippen molar-refractivity contribution in [2.75, 3.05) is 19.1 Å². The first-order valence-electron chi connectivity index (χ1n) is 7.69. The second-order valence-electron chi connectivity index (χ2n) is 5.01. The number of allylic oxidation sites excluding steroid dienone is 2. The Kier molecular flexibility index (Phi) is 7.06. The van der Waals surface area contributed by atoms with Gasteiger partial charge in [-0.3, -0.25) is 0 Å². The van der Waals surface area contributed by atoms with Crippen molar-refractivity contribution in [3.05, 3.63) is 35.1 Å². The van der Waals surface area contributed by atoms with E-state index in [1.807, 2.05) is 48.0 Å². The third-order valence-corrected chi connectivity index (χ3v) is 6.27. The number of aryl methyl sites for hydroxylation is 1. The lowest BCUT2D eigenvalue weighted by atomic mass is 10.3. The highest BCUT2D eigenvalue weighted by molar-refractivity contribution is 8.01. The van der Waals surface area contributed by atoms with Crippen LogP contribution in [0.25, 0.3) is 16.3 Å². The predicted octanol–water partition coefficient (Wildman–Crippen LogP) is 5.61. The molecule has 124 valence electrons. The molecule has 0 saturated heterocycles. The summed E-state index contributed by atoms with van der Waals surface area (Å²) in [6, 6.07) is 4.65. The van der Waals surface area contributed by atoms with Crippen LogP contribution in [0.3, 0.4) is 0 Å². The second-order valence-corrected chi connectivity index (χ2v) is 7.77. The molecular weight excluding hydrogens is 342 g/mol. The molecule has 0 bridgehead atoms. The third-order valence-electron chi connectivity index (χ3n) is 3.48. The summed E-state index contributed by atoms with van der Waals surface area (Å²) >= 11 is 5.48. The van der Waals surface area contributed by atoms with Crippen LogP contribution in [0.1, 0.15) is 25.8 Å². The summed E-state index contributed by atoms with van der Waals surface area (Å²) in [5.74, 6) is 0. The fourth-order valence-electron chi connectivity index (χ4n) is 2.34. The van der Waals surface area contributed by atoms with E-state index >= 15 is 0 Å². The van der Waals surface area contributed by atoms with Crippen molar-refractivity contribution in [3.63, 3.8) is 0 Å². The van der Waals surface area contributed by atoms with Gasteiger partial charge in [0, 0.05) is 21.9 Å². The SMILES string of the molecule is CCOC=C(C)C=Cc1sc2cc(SC)c(SC)cc2[n+]1CC. The standard InChI is InChI=1S/C18H24NOS3/c1-6-19-14-10-16(21-4)17(22-5)11-15(14)23-18(19)9-8-13(3)12-20-7-2/h8-12H,6-7H2,1-5H3/q+1. The number of aromatic nitrogens is 1. The molecule has 0 atom stereocenters. The molecule has 0 radical (unpaired) electrons. The molecule has 1 aromatic heterocycles. The number of ether oxygens (including phenoxy) is 1. The summed E-state index contributed by atoms with van der Waals surface area (Å²) in [7, 11) is 0. The van der Waals surface area contributed by atoms with E-state index in [0.717, 1.165) is 12.1 Å². The minimum atomic E-state index is 0.706. The first-order chi connectivity index (χ1) is 11.1. The predicted molar refractivity (Wildman–Crippen MR) is 106 cm³/mol. The lowest BCUT2D eigenvalue weighted by Gasteiger charge is -2.02. The smallest absolute Gasteiger partial charge is 0.262 e. The van der Waals surface area contributed by atoms with E-state index in [1.165, 1.54) is 25.0 Å². The number of thioether (sulfide) groups is 2. The zero-order valence-electron chi connectivity index (χ0n) is 14.4. The van der Waals surface area contributed by atoms with Gasteiger partial charge < -0.3 is 4.74 Å². The minimum absolute atomic E-state index is 0.706. The van der Waals surface area contributed by atoms with Crippen molar-refractivity contribution in [1.82, 2.24) is 0 Å². The Morgan fingerprint density at radius 3 is 2.52 bits per heavy atom. The molecule has 2 aromatic rings. The number of fused-ring (bicyclic) bond motifs is 1. The van der Waals surface area contributed by atoms with Gasteiger partial charge in [0.05, 0.1) is 12.9 Å². The molecule has 2 nitrogen and oxygen atoms in total. The van der Waals surface area contributed by atoms with E-state index in [9.17, 15) is 0 Å². The van der Waals surface area contributed by atoms with Crippen LogP contribution in [0.4, 0.5) is 0 Å². The van der Waals surface area contributed by atoms with Gasteiger partial charge in [-0.15, -0.1) is 23.5 Å². The first-order valence-corrected chi connectivity index (χ1v) is 11.0. The zero-order chi connectivity index (χ0) is 16.8. The highest BCUT2D eigenvalue weighted by Crippen LogP contribution is 2.34. The third kappa shape index (κ3) is 4.34. The molecule has 0 spiro atoms. The molecule has 0 unspecified atom stereocenters. The highest BCUT2D eigenvalue weighted by atomic mass is 32.2. The van der Waals surface area contributed by atoms with E-state index in [0.29, 0.717) is 6.61 Å². The summed E-state index contributed by atoms with van der Waals surface area (Å²) in [4.78, 5) is 2.71. The Labute approximate surface area is 151 Å². The Morgan fingerprint density at radius 2 is 1.91 bits per heavy atom. The van der Waals surface area contributed by atoms with Crippen LogP contribution in [0.15, 0.2) is 39.8 Å². The molecule has 0 aliphatic rings. The number of thiazole rings is 1. The summed E-state index contributed by atoms with van der Waals surface area (Å²) in [5, 5.41) is 1.28. The Hall–Kier alpha value is -0.910. The van der Waals surface area contributed by atoms with Gasteiger partial charge in [0.15, 0.2) is 0 Å². The topological polar surface area (TPSA) is 13.1 Å². The molecule has 23 heavy (non-hydrogen) atoms. The molecular formula is C18H24NOS3+. The van der Waals surface area contributed by atoms with Gasteiger partial charge in [-0.25, -0.2) is 0 Å². The number of nitrogens with zero attached hydrogens (tertiary/aromatic N) is 1. The quantitative estimate of drug-likeness (QED) is 0.274. The Balaban J connectivity index is 2.46. The van der Waals surface area contributed by atoms with Crippen LogP contribution < -0.4 is 4.57 Å².